The predicted octanol–water partition coefficient (Wildman–Crippen LogP) is 1.51. The number of hydrogen-bond donors (Lipinski definition) is 2. The van der Waals surface area contributed by atoms with E-state index in [0.717, 1.165) is 25.9 Å². The van der Waals surface area contributed by atoms with E-state index in [2.05, 4.69) is 24.6 Å². The molecule has 1 fully saturated rings. The minimum atomic E-state index is -3.68. The third-order valence-electron chi connectivity index (χ3n) is 3.41. The summed E-state index contributed by atoms with van der Waals surface area (Å²) >= 11 is 0. The Hall–Kier alpha value is -2.09. The Labute approximate surface area is 123 Å². The molecule has 2 aromatic rings. The number of rotatable bonds is 4. The number of imidazole rings is 1. The third-order valence-corrected chi connectivity index (χ3v) is 4.68. The van der Waals surface area contributed by atoms with Crippen LogP contribution in [-0.4, -0.2) is 36.5 Å². The Balaban J connectivity index is 1.91. The van der Waals surface area contributed by atoms with Gasteiger partial charge in [-0.2, -0.15) is 8.42 Å². The molecular weight excluding hydrogens is 290 g/mol. The van der Waals surface area contributed by atoms with Crippen molar-refractivity contribution in [2.24, 2.45) is 0 Å². The number of H-pyrrole nitrogens is 1. The van der Waals surface area contributed by atoms with Crippen LogP contribution in [0.2, 0.25) is 0 Å². The second-order valence-corrected chi connectivity index (χ2v) is 6.66. The van der Waals surface area contributed by atoms with Gasteiger partial charge in [-0.05, 0) is 31.9 Å². The SMILES string of the molecule is Cc1ncc(S(=O)(=O)Nc2cccnc2N2CCCC2)[nH]1. The maximum absolute atomic E-state index is 12.4. The van der Waals surface area contributed by atoms with Crippen LogP contribution in [0.25, 0.3) is 0 Å². The zero-order valence-corrected chi connectivity index (χ0v) is 12.5. The third kappa shape index (κ3) is 2.85. The Morgan fingerprint density at radius 2 is 2.05 bits per heavy atom. The van der Waals surface area contributed by atoms with Crippen molar-refractivity contribution in [1.29, 1.82) is 0 Å². The Morgan fingerprint density at radius 3 is 2.71 bits per heavy atom. The Bertz CT molecular complexity index is 735. The highest BCUT2D eigenvalue weighted by Gasteiger charge is 2.22. The van der Waals surface area contributed by atoms with Crippen molar-refractivity contribution in [3.8, 4) is 0 Å². The fourth-order valence-corrected chi connectivity index (χ4v) is 3.42. The van der Waals surface area contributed by atoms with Gasteiger partial charge in [0.25, 0.3) is 10.0 Å². The van der Waals surface area contributed by atoms with Gasteiger partial charge >= 0.3 is 0 Å². The molecule has 0 radical (unpaired) electrons. The quantitative estimate of drug-likeness (QED) is 0.893. The summed E-state index contributed by atoms with van der Waals surface area (Å²) in [5.41, 5.74) is 0.492. The van der Waals surface area contributed by atoms with Crippen molar-refractivity contribution in [3.63, 3.8) is 0 Å². The van der Waals surface area contributed by atoms with Crippen LogP contribution in [0.1, 0.15) is 18.7 Å². The fraction of sp³-hybridized carbons (Fsp3) is 0.385. The standard InChI is InChI=1S/C13H17N5O2S/c1-10-15-9-12(16-10)21(19,20)17-11-5-4-6-14-13(11)18-7-2-3-8-18/h4-6,9,17H,2-3,7-8H2,1H3,(H,15,16). The number of nitrogens with zero attached hydrogens (tertiary/aromatic N) is 3. The Morgan fingerprint density at radius 1 is 1.29 bits per heavy atom. The first-order valence-electron chi connectivity index (χ1n) is 6.81. The zero-order valence-electron chi connectivity index (χ0n) is 11.7. The molecule has 8 heteroatoms. The average molecular weight is 307 g/mol. The average Bonchev–Trinajstić information content (AvgIpc) is 3.10. The van der Waals surface area contributed by atoms with Gasteiger partial charge in [0.15, 0.2) is 10.8 Å². The van der Waals surface area contributed by atoms with Gasteiger partial charge in [0.2, 0.25) is 0 Å². The van der Waals surface area contributed by atoms with Gasteiger partial charge in [0.1, 0.15) is 5.82 Å². The monoisotopic (exact) mass is 307 g/mol. The second-order valence-electron chi connectivity index (χ2n) is 5.01. The van der Waals surface area contributed by atoms with Gasteiger partial charge in [-0.3, -0.25) is 4.72 Å². The van der Waals surface area contributed by atoms with Crippen molar-refractivity contribution in [1.82, 2.24) is 15.0 Å². The molecular formula is C13H17N5O2S. The van der Waals surface area contributed by atoms with Crippen LogP contribution in [0, 0.1) is 6.92 Å². The van der Waals surface area contributed by atoms with Crippen LogP contribution < -0.4 is 9.62 Å². The molecule has 0 aromatic carbocycles. The first-order chi connectivity index (χ1) is 10.1. The number of sulfonamides is 1. The minimum Gasteiger partial charge on any atom is -0.355 e. The molecule has 0 bridgehead atoms. The fourth-order valence-electron chi connectivity index (χ4n) is 2.39. The molecule has 3 heterocycles. The van der Waals surface area contributed by atoms with E-state index in [-0.39, 0.29) is 5.03 Å². The molecule has 7 nitrogen and oxygen atoms in total. The van der Waals surface area contributed by atoms with Gasteiger partial charge in [0, 0.05) is 19.3 Å². The van der Waals surface area contributed by atoms with Crippen molar-refractivity contribution in [2.45, 2.75) is 24.8 Å². The molecule has 0 spiro atoms. The lowest BCUT2D eigenvalue weighted by Gasteiger charge is -2.20. The van der Waals surface area contributed by atoms with Gasteiger partial charge < -0.3 is 9.88 Å². The molecule has 0 atom stereocenters. The van der Waals surface area contributed by atoms with E-state index in [0.29, 0.717) is 17.3 Å². The molecule has 2 N–H and O–H groups in total. The molecule has 0 unspecified atom stereocenters. The van der Waals surface area contributed by atoms with Gasteiger partial charge in [-0.25, -0.2) is 9.97 Å². The van der Waals surface area contributed by atoms with E-state index in [1.165, 1.54) is 6.20 Å². The first kappa shape index (κ1) is 13.9. The number of aryl methyl sites for hydroxylation is 1. The summed E-state index contributed by atoms with van der Waals surface area (Å²) < 4.78 is 27.3. The van der Waals surface area contributed by atoms with Crippen LogP contribution >= 0.6 is 0 Å². The summed E-state index contributed by atoms with van der Waals surface area (Å²) in [5, 5.41) is 0.0521. The number of aromatic nitrogens is 3. The summed E-state index contributed by atoms with van der Waals surface area (Å²) in [6.07, 6.45) is 5.18. The molecule has 112 valence electrons. The summed E-state index contributed by atoms with van der Waals surface area (Å²) in [4.78, 5) is 13.1. The molecule has 0 aliphatic carbocycles. The van der Waals surface area contributed by atoms with E-state index in [9.17, 15) is 8.42 Å². The molecule has 0 saturated carbocycles. The number of hydrogen-bond acceptors (Lipinski definition) is 5. The maximum atomic E-state index is 12.4. The highest BCUT2D eigenvalue weighted by atomic mass is 32.2. The Kier molecular flexibility index (Phi) is 3.54. The number of pyridine rings is 1. The van der Waals surface area contributed by atoms with Crippen molar-refractivity contribution >= 4 is 21.5 Å². The predicted molar refractivity (Wildman–Crippen MR) is 79.8 cm³/mol. The topological polar surface area (TPSA) is 91.0 Å². The minimum absolute atomic E-state index is 0.0521. The largest absolute Gasteiger partial charge is 0.355 e. The van der Waals surface area contributed by atoms with Crippen LogP contribution in [0.5, 0.6) is 0 Å². The summed E-state index contributed by atoms with van der Waals surface area (Å²) in [5.74, 6) is 1.23. The number of nitrogens with one attached hydrogen (secondary N) is 2. The molecule has 1 saturated heterocycles. The summed E-state index contributed by atoms with van der Waals surface area (Å²) in [6.45, 7) is 3.50. The van der Waals surface area contributed by atoms with Crippen molar-refractivity contribution in [3.05, 3.63) is 30.4 Å². The number of anilines is 2. The maximum Gasteiger partial charge on any atom is 0.279 e. The molecule has 0 amide bonds. The van der Waals surface area contributed by atoms with Crippen molar-refractivity contribution < 1.29 is 8.42 Å². The van der Waals surface area contributed by atoms with E-state index < -0.39 is 10.0 Å². The van der Waals surface area contributed by atoms with Crippen molar-refractivity contribution in [2.75, 3.05) is 22.7 Å². The van der Waals surface area contributed by atoms with Crippen LogP contribution in [0.15, 0.2) is 29.6 Å². The normalized spacial score (nSPS) is 15.4. The van der Waals surface area contributed by atoms with E-state index >= 15 is 0 Å². The van der Waals surface area contributed by atoms with E-state index in [1.54, 1.807) is 25.3 Å². The van der Waals surface area contributed by atoms with Gasteiger partial charge in [0.05, 0.1) is 11.9 Å². The van der Waals surface area contributed by atoms with Gasteiger partial charge in [-0.15, -0.1) is 0 Å². The first-order valence-corrected chi connectivity index (χ1v) is 8.29. The highest BCUT2D eigenvalue weighted by Crippen LogP contribution is 2.27. The lowest BCUT2D eigenvalue weighted by molar-refractivity contribution is 0.598. The van der Waals surface area contributed by atoms with Crippen LogP contribution in [0.3, 0.4) is 0 Å². The molecule has 1 aliphatic rings. The van der Waals surface area contributed by atoms with E-state index in [1.807, 2.05) is 0 Å². The van der Waals surface area contributed by atoms with E-state index in [4.69, 9.17) is 0 Å². The van der Waals surface area contributed by atoms with Gasteiger partial charge in [-0.1, -0.05) is 0 Å². The highest BCUT2D eigenvalue weighted by molar-refractivity contribution is 7.92. The lowest BCUT2D eigenvalue weighted by atomic mass is 10.4. The smallest absolute Gasteiger partial charge is 0.279 e. The molecule has 21 heavy (non-hydrogen) atoms. The molecule has 2 aromatic heterocycles. The molecule has 1 aliphatic heterocycles. The second kappa shape index (κ2) is 5.36. The van der Waals surface area contributed by atoms with Crippen LogP contribution in [-0.2, 0) is 10.0 Å². The molecule has 3 rings (SSSR count). The zero-order chi connectivity index (χ0) is 14.9. The number of aromatic amines is 1. The summed E-state index contributed by atoms with van der Waals surface area (Å²) in [6, 6.07) is 3.44. The van der Waals surface area contributed by atoms with Crippen LogP contribution in [0.4, 0.5) is 11.5 Å². The summed E-state index contributed by atoms with van der Waals surface area (Å²) in [7, 11) is -3.68. The lowest BCUT2D eigenvalue weighted by Crippen LogP contribution is -2.22.